The van der Waals surface area contributed by atoms with Gasteiger partial charge in [-0.15, -0.1) is 11.3 Å². The first-order valence-corrected chi connectivity index (χ1v) is 12.0. The summed E-state index contributed by atoms with van der Waals surface area (Å²) in [7, 11) is 0. The predicted molar refractivity (Wildman–Crippen MR) is 143 cm³/mol. The zero-order valence-electron chi connectivity index (χ0n) is 19.2. The van der Waals surface area contributed by atoms with Gasteiger partial charge in [-0.1, -0.05) is 84.9 Å². The topological polar surface area (TPSA) is 70.2 Å². The van der Waals surface area contributed by atoms with Gasteiger partial charge < -0.3 is 5.32 Å². The van der Waals surface area contributed by atoms with E-state index in [-0.39, 0.29) is 11.6 Å². The molecule has 4 rings (SSSR count). The van der Waals surface area contributed by atoms with E-state index in [2.05, 4.69) is 28.3 Å². The molecule has 0 aliphatic carbocycles. The lowest BCUT2D eigenvalue weighted by Gasteiger charge is -2.15. The number of carbonyl (C=O) groups excluding carboxylic acids is 2. The number of hydrazine groups is 1. The molecule has 0 spiro atoms. The molecule has 0 aliphatic heterocycles. The van der Waals surface area contributed by atoms with Crippen LogP contribution in [0.25, 0.3) is 22.9 Å². The van der Waals surface area contributed by atoms with Gasteiger partial charge in [0.2, 0.25) is 0 Å². The highest BCUT2D eigenvalue weighted by Gasteiger charge is 2.15. The Hall–Kier alpha value is -4.42. The molecule has 0 atom stereocenters. The molecule has 5 nitrogen and oxygen atoms in total. The molecule has 3 aromatic carbocycles. The minimum atomic E-state index is -0.456. The Morgan fingerprint density at radius 1 is 0.714 bits per heavy atom. The van der Waals surface area contributed by atoms with E-state index in [0.717, 1.165) is 27.3 Å². The lowest BCUT2D eigenvalue weighted by atomic mass is 10.0. The van der Waals surface area contributed by atoms with E-state index in [1.165, 1.54) is 11.3 Å². The zero-order chi connectivity index (χ0) is 24.5. The molecule has 1 aromatic heterocycles. The fourth-order valence-corrected chi connectivity index (χ4v) is 4.09. The van der Waals surface area contributed by atoms with E-state index < -0.39 is 5.91 Å². The molecule has 0 saturated heterocycles. The van der Waals surface area contributed by atoms with Crippen molar-refractivity contribution in [3.63, 3.8) is 0 Å². The molecule has 4 aromatic rings. The second-order valence-corrected chi connectivity index (χ2v) is 8.60. The molecule has 0 radical (unpaired) electrons. The number of hydrogen-bond donors (Lipinski definition) is 3. The first kappa shape index (κ1) is 23.7. The van der Waals surface area contributed by atoms with Crippen molar-refractivity contribution in [1.29, 1.82) is 0 Å². The monoisotopic (exact) mass is 479 g/mol. The third-order valence-electron chi connectivity index (χ3n) is 5.26. The minimum absolute atomic E-state index is 0.142. The van der Waals surface area contributed by atoms with Crippen LogP contribution in [-0.2, 0) is 4.79 Å². The van der Waals surface area contributed by atoms with Crippen LogP contribution in [0.3, 0.4) is 0 Å². The summed E-state index contributed by atoms with van der Waals surface area (Å²) in [5, 5.41) is 4.65. The molecule has 0 unspecified atom stereocenters. The Bertz CT molecular complexity index is 1330. The molecule has 0 saturated carbocycles. The van der Waals surface area contributed by atoms with Gasteiger partial charge in [-0.05, 0) is 53.3 Å². The Morgan fingerprint density at radius 2 is 1.37 bits per heavy atom. The van der Waals surface area contributed by atoms with Crippen LogP contribution in [0.2, 0.25) is 0 Å². The molecule has 3 N–H and O–H groups in total. The first-order valence-electron chi connectivity index (χ1n) is 11.1. The summed E-state index contributed by atoms with van der Waals surface area (Å²) in [4.78, 5) is 26.6. The number of amides is 2. The van der Waals surface area contributed by atoms with E-state index in [0.29, 0.717) is 5.56 Å². The fraction of sp³-hybridized carbons (Fsp3) is 0.0345. The van der Waals surface area contributed by atoms with Gasteiger partial charge in [-0.3, -0.25) is 20.4 Å². The summed E-state index contributed by atoms with van der Waals surface area (Å²) in [5.74, 6) is -0.811. The Balaban J connectivity index is 1.46. The summed E-state index contributed by atoms with van der Waals surface area (Å²) in [6.45, 7) is 1.89. The van der Waals surface area contributed by atoms with E-state index >= 15 is 0 Å². The van der Waals surface area contributed by atoms with Crippen molar-refractivity contribution in [3.8, 4) is 11.1 Å². The van der Waals surface area contributed by atoms with Crippen LogP contribution in [0, 0.1) is 0 Å². The molecule has 35 heavy (non-hydrogen) atoms. The number of thiophene rings is 1. The van der Waals surface area contributed by atoms with Gasteiger partial charge in [0.05, 0.1) is 5.70 Å². The van der Waals surface area contributed by atoms with E-state index in [1.54, 1.807) is 30.3 Å². The molecule has 1 heterocycles. The molecule has 0 fully saturated rings. The third-order valence-corrected chi connectivity index (χ3v) is 6.08. The van der Waals surface area contributed by atoms with E-state index in [4.69, 9.17) is 0 Å². The van der Waals surface area contributed by atoms with Crippen molar-refractivity contribution in [2.45, 2.75) is 6.92 Å². The van der Waals surface area contributed by atoms with Crippen LogP contribution in [0.15, 0.2) is 114 Å². The van der Waals surface area contributed by atoms with Gasteiger partial charge in [-0.2, -0.15) is 0 Å². The summed E-state index contributed by atoms with van der Waals surface area (Å²) in [6, 6.07) is 30.8. The normalized spacial score (nSPS) is 11.6. The molecule has 6 heteroatoms. The van der Waals surface area contributed by atoms with Gasteiger partial charge in [0.1, 0.15) is 5.70 Å². The van der Waals surface area contributed by atoms with Gasteiger partial charge in [0.25, 0.3) is 11.8 Å². The molecule has 174 valence electrons. The zero-order valence-corrected chi connectivity index (χ0v) is 20.0. The SMILES string of the molecule is CC=C(NNC(=O)C(=Cc1cccs1)NC(=O)c1ccccc1)c1ccc(-c2ccccc2)cc1. The maximum Gasteiger partial charge on any atom is 0.286 e. The average Bonchev–Trinajstić information content (AvgIpc) is 3.43. The Morgan fingerprint density at radius 3 is 2.00 bits per heavy atom. The highest BCUT2D eigenvalue weighted by atomic mass is 32.1. The van der Waals surface area contributed by atoms with E-state index in [1.807, 2.05) is 79.0 Å². The van der Waals surface area contributed by atoms with Crippen molar-refractivity contribution in [1.82, 2.24) is 16.2 Å². The number of nitrogens with one attached hydrogen (secondary N) is 3. The number of allylic oxidation sites excluding steroid dienone is 1. The fourth-order valence-electron chi connectivity index (χ4n) is 3.43. The van der Waals surface area contributed by atoms with Crippen LogP contribution in [0.5, 0.6) is 0 Å². The molecule has 0 bridgehead atoms. The highest BCUT2D eigenvalue weighted by Crippen LogP contribution is 2.21. The number of hydrogen-bond acceptors (Lipinski definition) is 4. The van der Waals surface area contributed by atoms with Crippen LogP contribution in [0.4, 0.5) is 0 Å². The van der Waals surface area contributed by atoms with Crippen LogP contribution >= 0.6 is 11.3 Å². The van der Waals surface area contributed by atoms with Gasteiger partial charge in [0.15, 0.2) is 0 Å². The summed E-state index contributed by atoms with van der Waals surface area (Å²) in [6.07, 6.45) is 3.54. The molecule has 2 amide bonds. The quantitative estimate of drug-likeness (QED) is 0.219. The first-order chi connectivity index (χ1) is 17.1. The van der Waals surface area contributed by atoms with Crippen molar-refractivity contribution in [2.75, 3.05) is 0 Å². The maximum atomic E-state index is 13.0. The number of carbonyl (C=O) groups is 2. The predicted octanol–water partition coefficient (Wildman–Crippen LogP) is 5.87. The van der Waals surface area contributed by atoms with E-state index in [9.17, 15) is 9.59 Å². The smallest absolute Gasteiger partial charge is 0.286 e. The maximum absolute atomic E-state index is 13.0. The van der Waals surface area contributed by atoms with Crippen LogP contribution in [0.1, 0.15) is 27.7 Å². The molecular weight excluding hydrogens is 454 g/mol. The van der Waals surface area contributed by atoms with Crippen LogP contribution < -0.4 is 16.2 Å². The van der Waals surface area contributed by atoms with Crippen molar-refractivity contribution < 1.29 is 9.59 Å². The lowest BCUT2D eigenvalue weighted by molar-refractivity contribution is -0.118. The van der Waals surface area contributed by atoms with Crippen molar-refractivity contribution in [3.05, 3.63) is 130 Å². The third kappa shape index (κ3) is 6.34. The summed E-state index contributed by atoms with van der Waals surface area (Å²) < 4.78 is 0. The molecular formula is C29H25N3O2S. The van der Waals surface area contributed by atoms with Crippen LogP contribution in [-0.4, -0.2) is 11.8 Å². The average molecular weight is 480 g/mol. The lowest BCUT2D eigenvalue weighted by Crippen LogP contribution is -2.41. The van der Waals surface area contributed by atoms with Crippen molar-refractivity contribution >= 4 is 34.9 Å². The summed E-state index contributed by atoms with van der Waals surface area (Å²) >= 11 is 1.48. The number of benzene rings is 3. The number of rotatable bonds is 8. The standard InChI is InChI=1S/C29H25N3O2S/c1-2-26(23-17-15-22(16-18-23)21-10-5-3-6-11-21)31-32-29(34)27(20-25-14-9-19-35-25)30-28(33)24-12-7-4-8-13-24/h2-20,31H,1H3,(H,30,33)(H,32,34). The summed E-state index contributed by atoms with van der Waals surface area (Å²) in [5.41, 5.74) is 10.2. The second kappa shape index (κ2) is 11.6. The van der Waals surface area contributed by atoms with Gasteiger partial charge >= 0.3 is 0 Å². The molecule has 0 aliphatic rings. The van der Waals surface area contributed by atoms with Gasteiger partial charge in [0, 0.05) is 10.4 Å². The Kier molecular flexibility index (Phi) is 7.88. The Labute approximate surface area is 208 Å². The highest BCUT2D eigenvalue weighted by molar-refractivity contribution is 7.10. The largest absolute Gasteiger partial charge is 0.317 e. The van der Waals surface area contributed by atoms with Crippen molar-refractivity contribution in [2.24, 2.45) is 0 Å². The second-order valence-electron chi connectivity index (χ2n) is 7.62. The minimum Gasteiger partial charge on any atom is -0.317 e. The van der Waals surface area contributed by atoms with Gasteiger partial charge in [-0.25, -0.2) is 0 Å².